The Bertz CT molecular complexity index is 454. The summed E-state index contributed by atoms with van der Waals surface area (Å²) in [6.07, 6.45) is 3.05. The SMILES string of the molecule is CCCC(=O)NCc1ccccc1CN1CCC(O)CC1. The van der Waals surface area contributed by atoms with E-state index < -0.39 is 0 Å². The fourth-order valence-corrected chi connectivity index (χ4v) is 2.71. The van der Waals surface area contributed by atoms with Crippen molar-refractivity contribution < 1.29 is 9.90 Å². The highest BCUT2D eigenvalue weighted by Gasteiger charge is 2.17. The van der Waals surface area contributed by atoms with Crippen LogP contribution in [0.25, 0.3) is 0 Å². The molecule has 0 radical (unpaired) electrons. The van der Waals surface area contributed by atoms with Gasteiger partial charge in [-0.2, -0.15) is 0 Å². The summed E-state index contributed by atoms with van der Waals surface area (Å²) in [6, 6.07) is 8.28. The fraction of sp³-hybridized carbons (Fsp3) is 0.588. The van der Waals surface area contributed by atoms with Crippen molar-refractivity contribution in [2.24, 2.45) is 0 Å². The van der Waals surface area contributed by atoms with Crippen molar-refractivity contribution in [1.29, 1.82) is 0 Å². The number of carbonyl (C=O) groups is 1. The summed E-state index contributed by atoms with van der Waals surface area (Å²) in [5.74, 6) is 0.119. The number of hydrogen-bond donors (Lipinski definition) is 2. The van der Waals surface area contributed by atoms with Gasteiger partial charge in [-0.25, -0.2) is 0 Å². The molecule has 4 heteroatoms. The highest BCUT2D eigenvalue weighted by molar-refractivity contribution is 5.75. The van der Waals surface area contributed by atoms with Crippen molar-refractivity contribution in [1.82, 2.24) is 10.2 Å². The van der Waals surface area contributed by atoms with Crippen molar-refractivity contribution in [2.45, 2.75) is 51.8 Å². The summed E-state index contributed by atoms with van der Waals surface area (Å²) >= 11 is 0. The zero-order valence-corrected chi connectivity index (χ0v) is 12.8. The number of nitrogens with zero attached hydrogens (tertiary/aromatic N) is 1. The first-order valence-electron chi connectivity index (χ1n) is 7.93. The molecule has 0 aromatic heterocycles. The Labute approximate surface area is 127 Å². The van der Waals surface area contributed by atoms with Gasteiger partial charge in [-0.3, -0.25) is 9.69 Å². The van der Waals surface area contributed by atoms with E-state index in [-0.39, 0.29) is 12.0 Å². The number of aliphatic hydroxyl groups is 1. The summed E-state index contributed by atoms with van der Waals surface area (Å²) in [6.45, 7) is 5.39. The Hall–Kier alpha value is -1.39. The van der Waals surface area contributed by atoms with E-state index in [1.165, 1.54) is 11.1 Å². The molecule has 1 amide bonds. The van der Waals surface area contributed by atoms with E-state index in [1.807, 2.05) is 19.1 Å². The first kappa shape index (κ1) is 16.0. The topological polar surface area (TPSA) is 52.6 Å². The molecular weight excluding hydrogens is 264 g/mol. The van der Waals surface area contributed by atoms with Crippen LogP contribution in [-0.2, 0) is 17.9 Å². The lowest BCUT2D eigenvalue weighted by Gasteiger charge is -2.30. The molecule has 0 aliphatic carbocycles. The number of benzene rings is 1. The Morgan fingerprint density at radius 1 is 1.29 bits per heavy atom. The summed E-state index contributed by atoms with van der Waals surface area (Å²) in [7, 11) is 0. The fourth-order valence-electron chi connectivity index (χ4n) is 2.71. The van der Waals surface area contributed by atoms with Crippen LogP contribution in [0.3, 0.4) is 0 Å². The molecule has 1 fully saturated rings. The molecule has 1 saturated heterocycles. The Morgan fingerprint density at radius 3 is 2.62 bits per heavy atom. The zero-order chi connectivity index (χ0) is 15.1. The summed E-state index contributed by atoms with van der Waals surface area (Å²) in [4.78, 5) is 14.0. The number of carbonyl (C=O) groups excluding carboxylic acids is 1. The molecule has 1 aromatic rings. The van der Waals surface area contributed by atoms with E-state index in [0.717, 1.165) is 38.9 Å². The van der Waals surface area contributed by atoms with E-state index in [2.05, 4.69) is 22.3 Å². The van der Waals surface area contributed by atoms with Gasteiger partial charge in [-0.05, 0) is 30.4 Å². The molecule has 0 atom stereocenters. The summed E-state index contributed by atoms with van der Waals surface area (Å²) < 4.78 is 0. The lowest BCUT2D eigenvalue weighted by molar-refractivity contribution is -0.121. The number of nitrogens with one attached hydrogen (secondary N) is 1. The van der Waals surface area contributed by atoms with Crippen molar-refractivity contribution in [3.63, 3.8) is 0 Å². The third-order valence-electron chi connectivity index (χ3n) is 4.02. The van der Waals surface area contributed by atoms with Crippen LogP contribution < -0.4 is 5.32 Å². The van der Waals surface area contributed by atoms with Crippen LogP contribution in [0.2, 0.25) is 0 Å². The van der Waals surface area contributed by atoms with Crippen molar-refractivity contribution in [3.05, 3.63) is 35.4 Å². The minimum Gasteiger partial charge on any atom is -0.393 e. The zero-order valence-electron chi connectivity index (χ0n) is 12.8. The molecule has 2 rings (SSSR count). The summed E-state index contributed by atoms with van der Waals surface area (Å²) in [5, 5.41) is 12.6. The first-order chi connectivity index (χ1) is 10.2. The number of likely N-dealkylation sites (tertiary alicyclic amines) is 1. The van der Waals surface area contributed by atoms with Crippen LogP contribution in [0.1, 0.15) is 43.7 Å². The van der Waals surface area contributed by atoms with Gasteiger partial charge < -0.3 is 10.4 Å². The smallest absolute Gasteiger partial charge is 0.220 e. The maximum atomic E-state index is 11.6. The molecule has 0 saturated carbocycles. The van der Waals surface area contributed by atoms with Gasteiger partial charge in [-0.1, -0.05) is 31.2 Å². The van der Waals surface area contributed by atoms with Gasteiger partial charge in [0.05, 0.1) is 6.10 Å². The van der Waals surface area contributed by atoms with Crippen LogP contribution in [0.15, 0.2) is 24.3 Å². The molecular formula is C17H26N2O2. The van der Waals surface area contributed by atoms with Crippen LogP contribution >= 0.6 is 0 Å². The second kappa shape index (κ2) is 8.15. The molecule has 1 aliphatic rings. The number of amides is 1. The molecule has 0 unspecified atom stereocenters. The van der Waals surface area contributed by atoms with Crippen LogP contribution in [0, 0.1) is 0 Å². The number of aliphatic hydroxyl groups excluding tert-OH is 1. The minimum absolute atomic E-state index is 0.119. The van der Waals surface area contributed by atoms with Gasteiger partial charge in [0.15, 0.2) is 0 Å². The first-order valence-corrected chi connectivity index (χ1v) is 7.93. The van der Waals surface area contributed by atoms with E-state index in [0.29, 0.717) is 13.0 Å². The molecule has 21 heavy (non-hydrogen) atoms. The van der Waals surface area contributed by atoms with Gasteiger partial charge in [0.25, 0.3) is 0 Å². The number of hydrogen-bond acceptors (Lipinski definition) is 3. The molecule has 116 valence electrons. The number of piperidine rings is 1. The third-order valence-corrected chi connectivity index (χ3v) is 4.02. The highest BCUT2D eigenvalue weighted by Crippen LogP contribution is 2.16. The molecule has 1 aromatic carbocycles. The van der Waals surface area contributed by atoms with Crippen LogP contribution in [-0.4, -0.2) is 35.1 Å². The molecule has 2 N–H and O–H groups in total. The van der Waals surface area contributed by atoms with Crippen molar-refractivity contribution in [2.75, 3.05) is 13.1 Å². The number of rotatable bonds is 6. The van der Waals surface area contributed by atoms with E-state index in [9.17, 15) is 9.90 Å². The molecule has 0 spiro atoms. The maximum absolute atomic E-state index is 11.6. The Kier molecular flexibility index (Phi) is 6.21. The molecule has 1 heterocycles. The lowest BCUT2D eigenvalue weighted by Crippen LogP contribution is -2.35. The van der Waals surface area contributed by atoms with Crippen LogP contribution in [0.4, 0.5) is 0 Å². The average Bonchev–Trinajstić information content (AvgIpc) is 2.49. The van der Waals surface area contributed by atoms with Gasteiger partial charge in [-0.15, -0.1) is 0 Å². The Balaban J connectivity index is 1.92. The monoisotopic (exact) mass is 290 g/mol. The van der Waals surface area contributed by atoms with Gasteiger partial charge in [0, 0.05) is 32.6 Å². The predicted octanol–water partition coefficient (Wildman–Crippen LogP) is 2.06. The molecule has 4 nitrogen and oxygen atoms in total. The lowest BCUT2D eigenvalue weighted by atomic mass is 10.0. The second-order valence-corrected chi connectivity index (χ2v) is 5.80. The standard InChI is InChI=1S/C17H26N2O2/c1-2-5-17(21)18-12-14-6-3-4-7-15(14)13-19-10-8-16(20)9-11-19/h3-4,6-7,16,20H,2,5,8-13H2,1H3,(H,18,21). The predicted molar refractivity (Wildman–Crippen MR) is 83.7 cm³/mol. The maximum Gasteiger partial charge on any atom is 0.220 e. The normalized spacial score (nSPS) is 16.9. The average molecular weight is 290 g/mol. The van der Waals surface area contributed by atoms with Crippen LogP contribution in [0.5, 0.6) is 0 Å². The minimum atomic E-state index is -0.134. The van der Waals surface area contributed by atoms with Gasteiger partial charge in [0.1, 0.15) is 0 Å². The Morgan fingerprint density at radius 2 is 1.95 bits per heavy atom. The van der Waals surface area contributed by atoms with E-state index in [4.69, 9.17) is 0 Å². The van der Waals surface area contributed by atoms with Gasteiger partial charge in [0.2, 0.25) is 5.91 Å². The molecule has 1 aliphatic heterocycles. The third kappa shape index (κ3) is 5.14. The van der Waals surface area contributed by atoms with Gasteiger partial charge >= 0.3 is 0 Å². The van der Waals surface area contributed by atoms with Crippen molar-refractivity contribution >= 4 is 5.91 Å². The molecule has 0 bridgehead atoms. The summed E-state index contributed by atoms with van der Waals surface area (Å²) in [5.41, 5.74) is 2.46. The second-order valence-electron chi connectivity index (χ2n) is 5.80. The van der Waals surface area contributed by atoms with E-state index in [1.54, 1.807) is 0 Å². The largest absolute Gasteiger partial charge is 0.393 e. The van der Waals surface area contributed by atoms with Crippen molar-refractivity contribution in [3.8, 4) is 0 Å². The highest BCUT2D eigenvalue weighted by atomic mass is 16.3. The van der Waals surface area contributed by atoms with E-state index >= 15 is 0 Å². The quantitative estimate of drug-likeness (QED) is 0.843.